The summed E-state index contributed by atoms with van der Waals surface area (Å²) in [6.45, 7) is 2.05. The predicted octanol–water partition coefficient (Wildman–Crippen LogP) is 3.72. The Morgan fingerprint density at radius 1 is 1.11 bits per heavy atom. The number of hydrogen-bond donors (Lipinski definition) is 1. The highest BCUT2D eigenvalue weighted by atomic mass is 16.5. The van der Waals surface area contributed by atoms with Gasteiger partial charge in [-0.25, -0.2) is 14.3 Å². The second kappa shape index (κ2) is 6.38. The molecule has 28 heavy (non-hydrogen) atoms. The smallest absolute Gasteiger partial charge is 0.332 e. The molecule has 1 N–H and O–H groups in total. The average molecular weight is 371 g/mol. The molecule has 4 aromatic heterocycles. The number of H-pyrrole nitrogens is 1. The van der Waals surface area contributed by atoms with Gasteiger partial charge in [0.05, 0.1) is 17.4 Å². The van der Waals surface area contributed by atoms with Crippen LogP contribution in [0.2, 0.25) is 0 Å². The van der Waals surface area contributed by atoms with Crippen molar-refractivity contribution in [3.05, 3.63) is 83.2 Å². The number of pyridine rings is 2. The van der Waals surface area contributed by atoms with Crippen molar-refractivity contribution in [3.8, 4) is 17.3 Å². The molecule has 0 fully saturated rings. The van der Waals surface area contributed by atoms with E-state index in [-0.39, 0.29) is 5.69 Å². The van der Waals surface area contributed by atoms with Gasteiger partial charge in [0.25, 0.3) is 0 Å². The van der Waals surface area contributed by atoms with Gasteiger partial charge in [0.2, 0.25) is 5.88 Å². The Morgan fingerprint density at radius 2 is 1.96 bits per heavy atom. The van der Waals surface area contributed by atoms with Gasteiger partial charge in [0.1, 0.15) is 11.4 Å². The lowest BCUT2D eigenvalue weighted by Gasteiger charge is -2.06. The van der Waals surface area contributed by atoms with Crippen molar-refractivity contribution in [2.45, 2.75) is 13.3 Å². The van der Waals surface area contributed by atoms with Crippen LogP contribution in [-0.4, -0.2) is 23.9 Å². The van der Waals surface area contributed by atoms with E-state index in [1.165, 1.54) is 0 Å². The summed E-state index contributed by atoms with van der Waals surface area (Å²) in [5.74, 6) is 1.15. The first kappa shape index (κ1) is 16.3. The maximum Gasteiger partial charge on any atom is 0.332 e. The molecule has 0 radical (unpaired) electrons. The van der Waals surface area contributed by atoms with E-state index in [4.69, 9.17) is 4.74 Å². The maximum absolute atomic E-state index is 12.5. The Labute approximate surface area is 159 Å². The second-order valence-corrected chi connectivity index (χ2v) is 6.43. The van der Waals surface area contributed by atoms with Crippen LogP contribution in [0.3, 0.4) is 0 Å². The highest BCUT2D eigenvalue weighted by Crippen LogP contribution is 2.23. The van der Waals surface area contributed by atoms with Crippen LogP contribution in [0.5, 0.6) is 11.6 Å². The van der Waals surface area contributed by atoms with E-state index in [0.29, 0.717) is 17.3 Å². The summed E-state index contributed by atoms with van der Waals surface area (Å²) in [6.07, 6.45) is 6.29. The molecule has 0 bridgehead atoms. The molecule has 0 unspecified atom stereocenters. The molecule has 7 heteroatoms. The van der Waals surface area contributed by atoms with Crippen molar-refractivity contribution in [2.75, 3.05) is 0 Å². The van der Waals surface area contributed by atoms with Crippen molar-refractivity contribution < 1.29 is 4.74 Å². The first-order chi connectivity index (χ1) is 13.7. The van der Waals surface area contributed by atoms with E-state index in [0.717, 1.165) is 28.8 Å². The monoisotopic (exact) mass is 371 g/mol. The summed E-state index contributed by atoms with van der Waals surface area (Å²) in [4.78, 5) is 24.2. The van der Waals surface area contributed by atoms with E-state index in [2.05, 4.69) is 21.9 Å². The molecule has 7 nitrogen and oxygen atoms in total. The SMILES string of the molecule is CCc1ccnc2c1[nH]c(=O)n2-c1ccc(Oc2cn3ccccc3n2)cc1. The van der Waals surface area contributed by atoms with Crippen molar-refractivity contribution in [2.24, 2.45) is 0 Å². The van der Waals surface area contributed by atoms with Gasteiger partial charge in [-0.15, -0.1) is 0 Å². The van der Waals surface area contributed by atoms with Gasteiger partial charge in [-0.1, -0.05) is 13.0 Å². The first-order valence-electron chi connectivity index (χ1n) is 9.03. The first-order valence-corrected chi connectivity index (χ1v) is 9.03. The van der Waals surface area contributed by atoms with Gasteiger partial charge in [-0.3, -0.25) is 0 Å². The number of aryl methyl sites for hydroxylation is 1. The Bertz CT molecular complexity index is 1310. The molecule has 1 aromatic carbocycles. The third kappa shape index (κ3) is 2.64. The lowest BCUT2D eigenvalue weighted by Crippen LogP contribution is -2.14. The summed E-state index contributed by atoms with van der Waals surface area (Å²) < 4.78 is 9.31. The van der Waals surface area contributed by atoms with Crippen molar-refractivity contribution >= 4 is 16.8 Å². The number of nitrogens with zero attached hydrogens (tertiary/aromatic N) is 4. The Hall–Kier alpha value is -3.87. The third-order valence-corrected chi connectivity index (χ3v) is 4.70. The third-order valence-electron chi connectivity index (χ3n) is 4.70. The molecule has 0 saturated heterocycles. The van der Waals surface area contributed by atoms with Gasteiger partial charge in [0, 0.05) is 12.4 Å². The Balaban J connectivity index is 1.49. The molecule has 0 saturated carbocycles. The van der Waals surface area contributed by atoms with Crippen LogP contribution in [0.4, 0.5) is 0 Å². The normalized spacial score (nSPS) is 11.3. The van der Waals surface area contributed by atoms with E-state index in [9.17, 15) is 4.79 Å². The minimum Gasteiger partial charge on any atom is -0.437 e. The highest BCUT2D eigenvalue weighted by molar-refractivity contribution is 5.76. The quantitative estimate of drug-likeness (QED) is 0.522. The summed E-state index contributed by atoms with van der Waals surface area (Å²) in [5.41, 5.74) is 3.79. The number of nitrogens with one attached hydrogen (secondary N) is 1. The van der Waals surface area contributed by atoms with Crippen LogP contribution >= 0.6 is 0 Å². The summed E-state index contributed by atoms with van der Waals surface area (Å²) in [6, 6.07) is 15.0. The summed E-state index contributed by atoms with van der Waals surface area (Å²) in [7, 11) is 0. The van der Waals surface area contributed by atoms with Gasteiger partial charge < -0.3 is 14.1 Å². The molecule has 0 spiro atoms. The fourth-order valence-corrected chi connectivity index (χ4v) is 3.33. The summed E-state index contributed by atoms with van der Waals surface area (Å²) >= 11 is 0. The average Bonchev–Trinajstić information content (AvgIpc) is 3.28. The fraction of sp³-hybridized carbons (Fsp3) is 0.0952. The number of aromatic amines is 1. The molecule has 0 aliphatic heterocycles. The van der Waals surface area contributed by atoms with E-state index >= 15 is 0 Å². The number of ether oxygens (including phenoxy) is 1. The minimum atomic E-state index is -0.211. The van der Waals surface area contributed by atoms with Crippen LogP contribution in [0.25, 0.3) is 22.5 Å². The molecule has 5 rings (SSSR count). The molecule has 5 aromatic rings. The van der Waals surface area contributed by atoms with Crippen molar-refractivity contribution in [1.82, 2.24) is 23.9 Å². The van der Waals surface area contributed by atoms with Crippen LogP contribution in [0.1, 0.15) is 12.5 Å². The number of fused-ring (bicyclic) bond motifs is 2. The second-order valence-electron chi connectivity index (χ2n) is 6.43. The molecule has 0 aliphatic rings. The number of benzene rings is 1. The number of imidazole rings is 2. The van der Waals surface area contributed by atoms with Gasteiger partial charge in [0.15, 0.2) is 5.65 Å². The topological polar surface area (TPSA) is 77.2 Å². The molecular formula is C21H17N5O2. The fourth-order valence-electron chi connectivity index (χ4n) is 3.33. The Morgan fingerprint density at radius 3 is 2.75 bits per heavy atom. The van der Waals surface area contributed by atoms with Crippen LogP contribution < -0.4 is 10.4 Å². The maximum atomic E-state index is 12.5. The molecule has 0 aliphatic carbocycles. The zero-order valence-electron chi connectivity index (χ0n) is 15.2. The van der Waals surface area contributed by atoms with E-state index in [1.807, 2.05) is 65.3 Å². The minimum absolute atomic E-state index is 0.211. The molecule has 0 amide bonds. The lowest BCUT2D eigenvalue weighted by atomic mass is 10.2. The van der Waals surface area contributed by atoms with Crippen LogP contribution in [0, 0.1) is 0 Å². The summed E-state index contributed by atoms with van der Waals surface area (Å²) in [5, 5.41) is 0. The molecule has 4 heterocycles. The van der Waals surface area contributed by atoms with Crippen molar-refractivity contribution in [1.29, 1.82) is 0 Å². The number of hydrogen-bond acceptors (Lipinski definition) is 4. The van der Waals surface area contributed by atoms with E-state index in [1.54, 1.807) is 10.8 Å². The molecule has 138 valence electrons. The number of aromatic nitrogens is 5. The number of rotatable bonds is 4. The molecule has 0 atom stereocenters. The zero-order valence-corrected chi connectivity index (χ0v) is 15.2. The van der Waals surface area contributed by atoms with Gasteiger partial charge in [-0.05, 0) is 54.4 Å². The predicted molar refractivity (Wildman–Crippen MR) is 106 cm³/mol. The van der Waals surface area contributed by atoms with Crippen LogP contribution in [0.15, 0.2) is 71.9 Å². The largest absolute Gasteiger partial charge is 0.437 e. The van der Waals surface area contributed by atoms with Gasteiger partial charge in [-0.2, -0.15) is 4.98 Å². The van der Waals surface area contributed by atoms with Gasteiger partial charge >= 0.3 is 5.69 Å². The molecular weight excluding hydrogens is 354 g/mol. The zero-order chi connectivity index (χ0) is 19.1. The standard InChI is InChI=1S/C21H17N5O2/c1-2-14-10-11-22-20-19(14)24-21(27)26(20)15-6-8-16(9-7-15)28-18-13-25-12-4-3-5-17(25)23-18/h3-13H,2H2,1H3,(H,24,27). The Kier molecular flexibility index (Phi) is 3.72. The van der Waals surface area contributed by atoms with E-state index < -0.39 is 0 Å². The lowest BCUT2D eigenvalue weighted by molar-refractivity contribution is 0.466. The highest BCUT2D eigenvalue weighted by Gasteiger charge is 2.12. The van der Waals surface area contributed by atoms with Crippen LogP contribution in [-0.2, 0) is 6.42 Å². The van der Waals surface area contributed by atoms with Crippen molar-refractivity contribution in [3.63, 3.8) is 0 Å².